The number of likely N-dealkylation sites (tertiary alicyclic amines) is 1. The van der Waals surface area contributed by atoms with E-state index in [9.17, 15) is 14.7 Å². The number of aryl methyl sites for hydroxylation is 1. The molecule has 0 spiro atoms. The van der Waals surface area contributed by atoms with Gasteiger partial charge in [-0.3, -0.25) is 9.48 Å². The maximum Gasteiger partial charge on any atom is 0.326 e. The maximum absolute atomic E-state index is 12.8. The second-order valence-electron chi connectivity index (χ2n) is 6.00. The van der Waals surface area contributed by atoms with Crippen molar-refractivity contribution in [2.45, 2.75) is 57.7 Å². The highest BCUT2D eigenvalue weighted by molar-refractivity contribution is 5.96. The minimum absolute atomic E-state index is 0.0809. The average molecular weight is 291 g/mol. The van der Waals surface area contributed by atoms with E-state index >= 15 is 0 Å². The molecule has 1 aromatic rings. The zero-order chi connectivity index (χ0) is 15.0. The van der Waals surface area contributed by atoms with Gasteiger partial charge in [-0.2, -0.15) is 5.10 Å². The van der Waals surface area contributed by atoms with E-state index in [1.807, 2.05) is 6.92 Å². The molecule has 1 saturated carbocycles. The molecule has 3 rings (SSSR count). The Labute approximate surface area is 123 Å². The molecule has 0 radical (unpaired) electrons. The molecule has 114 valence electrons. The topological polar surface area (TPSA) is 75.4 Å². The normalized spacial score (nSPS) is 28.4. The number of aromatic nitrogens is 2. The van der Waals surface area contributed by atoms with Crippen molar-refractivity contribution in [1.82, 2.24) is 14.7 Å². The zero-order valence-electron chi connectivity index (χ0n) is 12.2. The van der Waals surface area contributed by atoms with E-state index in [0.717, 1.165) is 25.7 Å². The van der Waals surface area contributed by atoms with Gasteiger partial charge in [0.05, 0.1) is 11.8 Å². The van der Waals surface area contributed by atoms with E-state index in [-0.39, 0.29) is 11.9 Å². The Bertz CT molecular complexity index is 554. The molecule has 1 aliphatic carbocycles. The van der Waals surface area contributed by atoms with Gasteiger partial charge in [-0.25, -0.2) is 4.79 Å². The molecule has 0 aromatic carbocycles. The van der Waals surface area contributed by atoms with Gasteiger partial charge in [0.2, 0.25) is 0 Å². The third kappa shape index (κ3) is 2.43. The highest BCUT2D eigenvalue weighted by atomic mass is 16.4. The number of fused-ring (bicyclic) bond motifs is 1. The van der Waals surface area contributed by atoms with Crippen molar-refractivity contribution in [2.75, 3.05) is 0 Å². The Morgan fingerprint density at radius 2 is 2.14 bits per heavy atom. The van der Waals surface area contributed by atoms with Crippen LogP contribution in [-0.4, -0.2) is 43.7 Å². The van der Waals surface area contributed by atoms with Gasteiger partial charge in [-0.1, -0.05) is 12.8 Å². The molecule has 1 aliphatic heterocycles. The van der Waals surface area contributed by atoms with Gasteiger partial charge in [-0.15, -0.1) is 0 Å². The molecule has 1 N–H and O–H groups in total. The van der Waals surface area contributed by atoms with E-state index in [4.69, 9.17) is 0 Å². The molecule has 6 heteroatoms. The van der Waals surface area contributed by atoms with Crippen LogP contribution in [0.4, 0.5) is 0 Å². The van der Waals surface area contributed by atoms with Crippen LogP contribution in [0.25, 0.3) is 0 Å². The van der Waals surface area contributed by atoms with Crippen LogP contribution in [0.5, 0.6) is 0 Å². The van der Waals surface area contributed by atoms with E-state index in [0.29, 0.717) is 24.4 Å². The fourth-order valence-corrected chi connectivity index (χ4v) is 3.77. The van der Waals surface area contributed by atoms with E-state index < -0.39 is 12.0 Å². The molecular weight excluding hydrogens is 270 g/mol. The number of carboxylic acids is 1. The van der Waals surface area contributed by atoms with Gasteiger partial charge in [-0.05, 0) is 32.1 Å². The summed E-state index contributed by atoms with van der Waals surface area (Å²) >= 11 is 0. The molecule has 2 heterocycles. The summed E-state index contributed by atoms with van der Waals surface area (Å²) in [7, 11) is 0. The van der Waals surface area contributed by atoms with Crippen molar-refractivity contribution < 1.29 is 14.7 Å². The Morgan fingerprint density at radius 3 is 2.81 bits per heavy atom. The highest BCUT2D eigenvalue weighted by Crippen LogP contribution is 2.40. The summed E-state index contributed by atoms with van der Waals surface area (Å²) in [6.45, 7) is 2.65. The predicted molar refractivity (Wildman–Crippen MR) is 75.9 cm³/mol. The number of carbonyl (C=O) groups is 2. The molecular formula is C15H21N3O3. The molecule has 0 unspecified atom stereocenters. The van der Waals surface area contributed by atoms with Crippen molar-refractivity contribution in [2.24, 2.45) is 5.92 Å². The van der Waals surface area contributed by atoms with Gasteiger partial charge in [0, 0.05) is 18.8 Å². The van der Waals surface area contributed by atoms with Crippen LogP contribution in [0.3, 0.4) is 0 Å². The monoisotopic (exact) mass is 291 g/mol. The van der Waals surface area contributed by atoms with Gasteiger partial charge in [0.1, 0.15) is 6.04 Å². The number of nitrogens with zero attached hydrogens (tertiary/aromatic N) is 3. The van der Waals surface area contributed by atoms with Crippen LogP contribution in [0, 0.1) is 5.92 Å². The summed E-state index contributed by atoms with van der Waals surface area (Å²) in [5, 5.41) is 13.6. The molecule has 0 bridgehead atoms. The largest absolute Gasteiger partial charge is 0.480 e. The molecule has 6 nitrogen and oxygen atoms in total. The van der Waals surface area contributed by atoms with E-state index in [1.54, 1.807) is 22.0 Å². The molecule has 1 amide bonds. The number of hydrogen-bond acceptors (Lipinski definition) is 3. The first-order valence-electron chi connectivity index (χ1n) is 7.69. The minimum atomic E-state index is -0.888. The van der Waals surface area contributed by atoms with Crippen LogP contribution in [-0.2, 0) is 11.3 Å². The Hall–Kier alpha value is -1.85. The van der Waals surface area contributed by atoms with Crippen LogP contribution in [0.2, 0.25) is 0 Å². The average Bonchev–Trinajstić information content (AvgIpc) is 3.11. The third-order valence-electron chi connectivity index (χ3n) is 4.81. The van der Waals surface area contributed by atoms with Crippen molar-refractivity contribution in [1.29, 1.82) is 0 Å². The lowest BCUT2D eigenvalue weighted by molar-refractivity contribution is -0.141. The highest BCUT2D eigenvalue weighted by Gasteiger charge is 2.47. The zero-order valence-corrected chi connectivity index (χ0v) is 12.2. The lowest BCUT2D eigenvalue weighted by Crippen LogP contribution is -2.46. The summed E-state index contributed by atoms with van der Waals surface area (Å²) in [4.78, 5) is 25.9. The smallest absolute Gasteiger partial charge is 0.326 e. The third-order valence-corrected chi connectivity index (χ3v) is 4.81. The minimum Gasteiger partial charge on any atom is -0.480 e. The number of hydrogen-bond donors (Lipinski definition) is 1. The lowest BCUT2D eigenvalue weighted by atomic mass is 9.84. The van der Waals surface area contributed by atoms with Crippen molar-refractivity contribution in [3.05, 3.63) is 18.0 Å². The summed E-state index contributed by atoms with van der Waals surface area (Å²) in [5.41, 5.74) is 0.495. The molecule has 3 atom stereocenters. The lowest BCUT2D eigenvalue weighted by Gasteiger charge is -2.32. The van der Waals surface area contributed by atoms with Crippen molar-refractivity contribution in [3.63, 3.8) is 0 Å². The summed E-state index contributed by atoms with van der Waals surface area (Å²) in [6, 6.07) is -0.604. The Kier molecular flexibility index (Phi) is 3.69. The fourth-order valence-electron chi connectivity index (χ4n) is 3.77. The molecule has 2 fully saturated rings. The van der Waals surface area contributed by atoms with Crippen molar-refractivity contribution >= 4 is 11.9 Å². The van der Waals surface area contributed by atoms with Crippen LogP contribution >= 0.6 is 0 Å². The number of carbonyl (C=O) groups excluding carboxylic acids is 1. The number of rotatable bonds is 3. The Balaban J connectivity index is 1.88. The summed E-state index contributed by atoms with van der Waals surface area (Å²) < 4.78 is 1.69. The second-order valence-corrected chi connectivity index (χ2v) is 6.00. The van der Waals surface area contributed by atoms with Gasteiger partial charge in [0.25, 0.3) is 5.91 Å². The van der Waals surface area contributed by atoms with E-state index in [2.05, 4.69) is 5.10 Å². The maximum atomic E-state index is 12.8. The molecule has 1 aromatic heterocycles. The number of carboxylic acid groups (broad SMARTS) is 1. The standard InChI is InChI=1S/C15H21N3O3/c1-2-17-9-11(8-16-17)14(19)18-12-6-4-3-5-10(12)7-13(18)15(20)21/h8-10,12-13H,2-7H2,1H3,(H,20,21)/t10-,12-,13+/m1/s1. The fraction of sp³-hybridized carbons (Fsp3) is 0.667. The van der Waals surface area contributed by atoms with Gasteiger partial charge < -0.3 is 10.0 Å². The number of amides is 1. The molecule has 21 heavy (non-hydrogen) atoms. The second kappa shape index (κ2) is 5.50. The Morgan fingerprint density at radius 1 is 1.38 bits per heavy atom. The first-order chi connectivity index (χ1) is 10.1. The number of aliphatic carboxylic acids is 1. The van der Waals surface area contributed by atoms with Crippen molar-refractivity contribution in [3.8, 4) is 0 Å². The first-order valence-corrected chi connectivity index (χ1v) is 7.69. The van der Waals surface area contributed by atoms with Crippen LogP contribution in [0.15, 0.2) is 12.4 Å². The first kappa shape index (κ1) is 14.1. The summed E-state index contributed by atoms with van der Waals surface area (Å²) in [6.07, 6.45) is 8.01. The molecule has 2 aliphatic rings. The van der Waals surface area contributed by atoms with Crippen LogP contribution < -0.4 is 0 Å². The molecule has 1 saturated heterocycles. The van der Waals surface area contributed by atoms with E-state index in [1.165, 1.54) is 0 Å². The predicted octanol–water partition coefficient (Wildman–Crippen LogP) is 1.76. The van der Waals surface area contributed by atoms with Crippen LogP contribution in [0.1, 0.15) is 49.4 Å². The van der Waals surface area contributed by atoms with Gasteiger partial charge >= 0.3 is 5.97 Å². The van der Waals surface area contributed by atoms with Gasteiger partial charge in [0.15, 0.2) is 0 Å². The quantitative estimate of drug-likeness (QED) is 0.920. The SMILES string of the molecule is CCn1cc(C(=O)N2[C@@H]3CCCC[C@@H]3C[C@H]2C(=O)O)cn1. The summed E-state index contributed by atoms with van der Waals surface area (Å²) in [5.74, 6) is -0.734.